The average Bonchev–Trinajstić information content (AvgIpc) is 3.31. The van der Waals surface area contributed by atoms with E-state index in [2.05, 4.69) is 25.1 Å². The van der Waals surface area contributed by atoms with Gasteiger partial charge >= 0.3 is 0 Å². The minimum absolute atomic E-state index is 0.0763. The average molecular weight is 357 g/mol. The van der Waals surface area contributed by atoms with Crippen LogP contribution in [0.25, 0.3) is 5.65 Å². The molecule has 0 spiro atoms. The SMILES string of the molecule is CN(C(=O)CN1CCC(c2nnc3cnccn23)CC1)c1nccs1. The first kappa shape index (κ1) is 16.1. The standard InChI is InChI=1S/C16H19N7OS/c1-21(16-18-5-9-25-16)14(24)11-22-6-2-12(3-7-22)15-20-19-13-10-17-4-8-23(13)15/h4-5,8-10,12H,2-3,6-7,11H2,1H3. The largest absolute Gasteiger partial charge is 0.294 e. The highest BCUT2D eigenvalue weighted by molar-refractivity contribution is 7.13. The molecule has 0 aromatic carbocycles. The molecule has 9 heteroatoms. The van der Waals surface area contributed by atoms with Crippen molar-refractivity contribution in [3.05, 3.63) is 36.0 Å². The van der Waals surface area contributed by atoms with Gasteiger partial charge < -0.3 is 0 Å². The van der Waals surface area contributed by atoms with Crippen LogP contribution < -0.4 is 4.90 Å². The van der Waals surface area contributed by atoms with Crippen LogP contribution in [0.4, 0.5) is 5.13 Å². The zero-order chi connectivity index (χ0) is 17.2. The molecule has 4 heterocycles. The molecule has 0 unspecified atom stereocenters. The van der Waals surface area contributed by atoms with Crippen molar-refractivity contribution >= 4 is 28.0 Å². The minimum atomic E-state index is 0.0763. The summed E-state index contributed by atoms with van der Waals surface area (Å²) in [6, 6.07) is 0. The van der Waals surface area contributed by atoms with Gasteiger partial charge in [0, 0.05) is 36.9 Å². The van der Waals surface area contributed by atoms with Gasteiger partial charge in [0.15, 0.2) is 10.8 Å². The quantitative estimate of drug-likeness (QED) is 0.703. The maximum Gasteiger partial charge on any atom is 0.242 e. The van der Waals surface area contributed by atoms with Crippen LogP contribution in [0.2, 0.25) is 0 Å². The Morgan fingerprint density at radius 1 is 1.32 bits per heavy atom. The maximum atomic E-state index is 12.4. The number of thiazole rings is 1. The van der Waals surface area contributed by atoms with Crippen LogP contribution in [0.1, 0.15) is 24.6 Å². The number of hydrogen-bond donors (Lipinski definition) is 0. The fourth-order valence-electron chi connectivity index (χ4n) is 3.19. The van der Waals surface area contributed by atoms with Crippen LogP contribution in [-0.2, 0) is 4.79 Å². The molecule has 1 aliphatic heterocycles. The van der Waals surface area contributed by atoms with E-state index in [1.165, 1.54) is 11.3 Å². The molecule has 3 aromatic rings. The second-order valence-corrected chi connectivity index (χ2v) is 7.05. The first-order chi connectivity index (χ1) is 12.2. The summed E-state index contributed by atoms with van der Waals surface area (Å²) in [5, 5.41) is 11.1. The molecule has 8 nitrogen and oxygen atoms in total. The van der Waals surface area contributed by atoms with Crippen molar-refractivity contribution in [3.63, 3.8) is 0 Å². The Labute approximate surface area is 149 Å². The van der Waals surface area contributed by atoms with E-state index in [0.717, 1.165) is 42.5 Å². The van der Waals surface area contributed by atoms with Crippen LogP contribution in [0.5, 0.6) is 0 Å². The van der Waals surface area contributed by atoms with Crippen molar-refractivity contribution in [1.82, 2.24) is 29.5 Å². The third-order valence-electron chi connectivity index (χ3n) is 4.63. The van der Waals surface area contributed by atoms with Crippen molar-refractivity contribution in [2.75, 3.05) is 31.6 Å². The number of aromatic nitrogens is 5. The number of likely N-dealkylation sites (tertiary alicyclic amines) is 1. The monoisotopic (exact) mass is 357 g/mol. The summed E-state index contributed by atoms with van der Waals surface area (Å²) in [6.45, 7) is 2.18. The second kappa shape index (κ2) is 6.85. The lowest BCUT2D eigenvalue weighted by Crippen LogP contribution is -2.42. The minimum Gasteiger partial charge on any atom is -0.294 e. The van der Waals surface area contributed by atoms with E-state index in [4.69, 9.17) is 0 Å². The van der Waals surface area contributed by atoms with Gasteiger partial charge in [0.25, 0.3) is 0 Å². The molecule has 1 saturated heterocycles. The Kier molecular flexibility index (Phi) is 4.41. The molecule has 25 heavy (non-hydrogen) atoms. The van der Waals surface area contributed by atoms with Gasteiger partial charge in [-0.15, -0.1) is 21.5 Å². The molecular formula is C16H19N7OS. The number of piperidine rings is 1. The molecule has 3 aromatic heterocycles. The van der Waals surface area contributed by atoms with Crippen LogP contribution in [0.3, 0.4) is 0 Å². The van der Waals surface area contributed by atoms with E-state index in [-0.39, 0.29) is 5.91 Å². The van der Waals surface area contributed by atoms with Gasteiger partial charge in [-0.2, -0.15) is 0 Å². The van der Waals surface area contributed by atoms with E-state index in [1.807, 2.05) is 16.0 Å². The predicted molar refractivity (Wildman–Crippen MR) is 94.7 cm³/mol. The topological polar surface area (TPSA) is 79.5 Å². The number of amides is 1. The lowest BCUT2D eigenvalue weighted by molar-refractivity contribution is -0.119. The Morgan fingerprint density at radius 3 is 2.92 bits per heavy atom. The highest BCUT2D eigenvalue weighted by Gasteiger charge is 2.26. The Bertz CT molecular complexity index is 854. The summed E-state index contributed by atoms with van der Waals surface area (Å²) in [4.78, 5) is 24.5. The first-order valence-corrected chi connectivity index (χ1v) is 9.13. The summed E-state index contributed by atoms with van der Waals surface area (Å²) in [5.74, 6) is 1.43. The Hall–Kier alpha value is -2.39. The molecule has 130 valence electrons. The number of carbonyl (C=O) groups is 1. The number of anilines is 1. The van der Waals surface area contributed by atoms with E-state index >= 15 is 0 Å². The molecule has 1 aliphatic rings. The summed E-state index contributed by atoms with van der Waals surface area (Å²) in [7, 11) is 1.78. The molecule has 1 fully saturated rings. The number of fused-ring (bicyclic) bond motifs is 1. The lowest BCUT2D eigenvalue weighted by atomic mass is 9.96. The maximum absolute atomic E-state index is 12.4. The van der Waals surface area contributed by atoms with Crippen molar-refractivity contribution in [1.29, 1.82) is 0 Å². The normalized spacial score (nSPS) is 16.4. The summed E-state index contributed by atoms with van der Waals surface area (Å²) in [6.07, 6.45) is 9.03. The summed E-state index contributed by atoms with van der Waals surface area (Å²) < 4.78 is 2.01. The van der Waals surface area contributed by atoms with Crippen LogP contribution in [0.15, 0.2) is 30.2 Å². The fraction of sp³-hybridized carbons (Fsp3) is 0.438. The molecule has 0 radical (unpaired) electrons. The molecule has 0 atom stereocenters. The summed E-state index contributed by atoms with van der Waals surface area (Å²) >= 11 is 1.47. The highest BCUT2D eigenvalue weighted by Crippen LogP contribution is 2.27. The van der Waals surface area contributed by atoms with Gasteiger partial charge in [-0.1, -0.05) is 0 Å². The Balaban J connectivity index is 1.36. The van der Waals surface area contributed by atoms with E-state index in [0.29, 0.717) is 12.5 Å². The number of rotatable bonds is 4. The third-order valence-corrected chi connectivity index (χ3v) is 5.48. The van der Waals surface area contributed by atoms with Gasteiger partial charge in [-0.25, -0.2) is 4.98 Å². The lowest BCUT2D eigenvalue weighted by Gasteiger charge is -2.31. The second-order valence-electron chi connectivity index (χ2n) is 6.18. The van der Waals surface area contributed by atoms with Crippen molar-refractivity contribution in [2.24, 2.45) is 0 Å². The van der Waals surface area contributed by atoms with Gasteiger partial charge in [-0.3, -0.25) is 24.0 Å². The number of nitrogens with zero attached hydrogens (tertiary/aromatic N) is 7. The first-order valence-electron chi connectivity index (χ1n) is 8.25. The highest BCUT2D eigenvalue weighted by atomic mass is 32.1. The van der Waals surface area contributed by atoms with Crippen LogP contribution in [-0.4, -0.2) is 62.1 Å². The zero-order valence-electron chi connectivity index (χ0n) is 13.9. The summed E-state index contributed by atoms with van der Waals surface area (Å²) in [5.41, 5.74) is 0.778. The van der Waals surface area contributed by atoms with E-state index in [1.54, 1.807) is 30.5 Å². The molecule has 4 rings (SSSR count). The van der Waals surface area contributed by atoms with Gasteiger partial charge in [-0.05, 0) is 25.9 Å². The molecule has 0 aliphatic carbocycles. The van der Waals surface area contributed by atoms with Crippen molar-refractivity contribution in [3.8, 4) is 0 Å². The Morgan fingerprint density at radius 2 is 2.16 bits per heavy atom. The zero-order valence-corrected chi connectivity index (χ0v) is 14.8. The van der Waals surface area contributed by atoms with E-state index < -0.39 is 0 Å². The smallest absolute Gasteiger partial charge is 0.242 e. The molecule has 0 saturated carbocycles. The third kappa shape index (κ3) is 3.24. The fourth-order valence-corrected chi connectivity index (χ4v) is 3.81. The van der Waals surface area contributed by atoms with Crippen LogP contribution >= 0.6 is 11.3 Å². The number of likely N-dealkylation sites (N-methyl/N-ethyl adjacent to an activating group) is 1. The number of hydrogen-bond acceptors (Lipinski definition) is 7. The van der Waals surface area contributed by atoms with Crippen LogP contribution in [0, 0.1) is 0 Å². The van der Waals surface area contributed by atoms with Gasteiger partial charge in [0.1, 0.15) is 5.82 Å². The molecular weight excluding hydrogens is 338 g/mol. The predicted octanol–water partition coefficient (Wildman–Crippen LogP) is 1.42. The van der Waals surface area contributed by atoms with Crippen molar-refractivity contribution < 1.29 is 4.79 Å². The van der Waals surface area contributed by atoms with Gasteiger partial charge in [0.05, 0.1) is 12.7 Å². The molecule has 0 bridgehead atoms. The number of carbonyl (C=O) groups excluding carboxylic acids is 1. The molecule has 0 N–H and O–H groups in total. The van der Waals surface area contributed by atoms with E-state index in [9.17, 15) is 4.79 Å². The molecule has 1 amide bonds. The van der Waals surface area contributed by atoms with Crippen molar-refractivity contribution in [2.45, 2.75) is 18.8 Å². The van der Waals surface area contributed by atoms with Gasteiger partial charge in [0.2, 0.25) is 5.91 Å².